The van der Waals surface area contributed by atoms with Gasteiger partial charge < -0.3 is 24.6 Å². The van der Waals surface area contributed by atoms with Gasteiger partial charge in [0.15, 0.2) is 5.78 Å². The Hall–Kier alpha value is -5.29. The van der Waals surface area contributed by atoms with Crippen molar-refractivity contribution in [2.24, 2.45) is 0 Å². The molecule has 236 valence electrons. The van der Waals surface area contributed by atoms with Crippen LogP contribution in [-0.2, 0) is 4.79 Å². The molecule has 11 heteroatoms. The number of ketones is 1. The third-order valence-corrected chi connectivity index (χ3v) is 8.35. The van der Waals surface area contributed by atoms with Gasteiger partial charge in [0.1, 0.15) is 17.1 Å². The second kappa shape index (κ2) is 13.0. The zero-order valence-electron chi connectivity index (χ0n) is 25.2. The Morgan fingerprint density at radius 3 is 2.33 bits per heavy atom. The number of fused-ring (bicyclic) bond motifs is 1. The molecule has 3 aromatic carbocycles. The molecule has 2 N–H and O–H groups in total. The summed E-state index contributed by atoms with van der Waals surface area (Å²) in [6.45, 7) is 2.13. The average molecular weight is 625 g/mol. The van der Waals surface area contributed by atoms with Crippen LogP contribution in [-0.4, -0.2) is 72.1 Å². The number of amides is 1. The van der Waals surface area contributed by atoms with Gasteiger partial charge in [0.2, 0.25) is 11.3 Å². The van der Waals surface area contributed by atoms with Gasteiger partial charge in [-0.3, -0.25) is 19.3 Å². The third kappa shape index (κ3) is 6.69. The standard InChI is InChI=1S/C35H33FN4O6/c1-46-26-11-2-22(3-12-26)4-13-32(41)23-5-7-24(8-6-23)37-33(42)21-38-14-16-39(17-15-38)31-19-30-27(18-29(31)36)34(43)28(35(44)45)20-40(30)25-9-10-25/h2-8,11-13,18-20,25H,9-10,14-17,21H2,1H3,(H,37,42)(H,44,45)/b13-4+. The molecule has 1 saturated carbocycles. The first kappa shape index (κ1) is 30.7. The molecule has 1 aliphatic carbocycles. The van der Waals surface area contributed by atoms with Crippen LogP contribution in [0.4, 0.5) is 15.8 Å². The maximum atomic E-state index is 15.3. The number of hydrogen-bond acceptors (Lipinski definition) is 7. The Kier molecular flexibility index (Phi) is 8.67. The molecule has 0 atom stereocenters. The summed E-state index contributed by atoms with van der Waals surface area (Å²) in [6.07, 6.45) is 6.34. The Morgan fingerprint density at radius 2 is 1.70 bits per heavy atom. The molecule has 0 unspecified atom stereocenters. The number of pyridine rings is 1. The van der Waals surface area contributed by atoms with Crippen molar-refractivity contribution in [3.05, 3.63) is 106 Å². The molecule has 10 nitrogen and oxygen atoms in total. The van der Waals surface area contributed by atoms with E-state index in [1.54, 1.807) is 48.1 Å². The predicted octanol–water partition coefficient (Wildman–Crippen LogP) is 4.84. The minimum Gasteiger partial charge on any atom is -0.497 e. The van der Waals surface area contributed by atoms with E-state index in [-0.39, 0.29) is 35.2 Å². The van der Waals surface area contributed by atoms with Crippen LogP contribution in [0.5, 0.6) is 5.75 Å². The summed E-state index contributed by atoms with van der Waals surface area (Å²) in [5.74, 6) is -1.53. The van der Waals surface area contributed by atoms with Crippen LogP contribution in [0.15, 0.2) is 77.7 Å². The number of allylic oxidation sites excluding steroid dienone is 1. The number of carboxylic acids is 1. The normalized spacial score (nSPS) is 15.3. The van der Waals surface area contributed by atoms with Crippen LogP contribution in [0.2, 0.25) is 0 Å². The minimum atomic E-state index is -1.33. The highest BCUT2D eigenvalue weighted by Gasteiger charge is 2.29. The number of nitrogens with one attached hydrogen (secondary N) is 1. The number of rotatable bonds is 10. The number of carboxylic acid groups (broad SMARTS) is 1. The van der Waals surface area contributed by atoms with Crippen molar-refractivity contribution in [1.82, 2.24) is 9.47 Å². The van der Waals surface area contributed by atoms with E-state index in [1.165, 1.54) is 12.3 Å². The molecule has 0 spiro atoms. The minimum absolute atomic E-state index is 0.0609. The number of ether oxygens (including phenoxy) is 1. The monoisotopic (exact) mass is 624 g/mol. The summed E-state index contributed by atoms with van der Waals surface area (Å²) < 4.78 is 22.2. The van der Waals surface area contributed by atoms with E-state index in [0.717, 1.165) is 30.2 Å². The molecule has 4 aromatic rings. The Bertz CT molecular complexity index is 1890. The van der Waals surface area contributed by atoms with Gasteiger partial charge >= 0.3 is 5.97 Å². The lowest BCUT2D eigenvalue weighted by molar-refractivity contribution is -0.117. The number of halogens is 1. The molecule has 2 aliphatic rings. The maximum absolute atomic E-state index is 15.3. The number of piperazine rings is 1. The molecule has 0 radical (unpaired) electrons. The van der Waals surface area contributed by atoms with Crippen molar-refractivity contribution in [1.29, 1.82) is 0 Å². The Morgan fingerprint density at radius 1 is 1.00 bits per heavy atom. The summed E-state index contributed by atoms with van der Waals surface area (Å²) in [5, 5.41) is 12.4. The molecule has 6 rings (SSSR count). The molecular formula is C35H33FN4O6. The van der Waals surface area contributed by atoms with Crippen molar-refractivity contribution in [3.8, 4) is 5.75 Å². The smallest absolute Gasteiger partial charge is 0.341 e. The first-order chi connectivity index (χ1) is 22.2. The number of aromatic nitrogens is 1. The predicted molar refractivity (Wildman–Crippen MR) is 173 cm³/mol. The van der Waals surface area contributed by atoms with Gasteiger partial charge in [0.25, 0.3) is 0 Å². The van der Waals surface area contributed by atoms with E-state index in [0.29, 0.717) is 48.6 Å². The number of hydrogen-bond donors (Lipinski definition) is 2. The molecule has 1 aromatic heterocycles. The highest BCUT2D eigenvalue weighted by Crippen LogP contribution is 2.38. The fraction of sp³-hybridized carbons (Fsp3) is 0.257. The van der Waals surface area contributed by atoms with Crippen molar-refractivity contribution >= 4 is 46.0 Å². The quantitative estimate of drug-likeness (QED) is 0.190. The largest absolute Gasteiger partial charge is 0.497 e. The molecule has 1 saturated heterocycles. The zero-order valence-corrected chi connectivity index (χ0v) is 25.2. The molecule has 2 fully saturated rings. The van der Waals surface area contributed by atoms with Gasteiger partial charge in [-0.25, -0.2) is 9.18 Å². The van der Waals surface area contributed by atoms with Gasteiger partial charge in [-0.15, -0.1) is 0 Å². The van der Waals surface area contributed by atoms with E-state index in [9.17, 15) is 24.3 Å². The van der Waals surface area contributed by atoms with E-state index in [1.807, 2.05) is 34.1 Å². The summed E-state index contributed by atoms with van der Waals surface area (Å²) in [7, 11) is 1.59. The van der Waals surface area contributed by atoms with Crippen LogP contribution in [0, 0.1) is 5.82 Å². The SMILES string of the molecule is COc1ccc(/C=C/C(=O)c2ccc(NC(=O)CN3CCN(c4cc5c(cc4F)c(=O)c(C(=O)O)cn5C4CC4)CC3)cc2)cc1. The van der Waals surface area contributed by atoms with Gasteiger partial charge in [-0.1, -0.05) is 18.2 Å². The van der Waals surface area contributed by atoms with E-state index in [2.05, 4.69) is 5.32 Å². The van der Waals surface area contributed by atoms with E-state index in [4.69, 9.17) is 4.74 Å². The van der Waals surface area contributed by atoms with Crippen molar-refractivity contribution in [2.45, 2.75) is 18.9 Å². The highest BCUT2D eigenvalue weighted by molar-refractivity contribution is 6.07. The van der Waals surface area contributed by atoms with E-state index < -0.39 is 17.2 Å². The van der Waals surface area contributed by atoms with Crippen molar-refractivity contribution in [2.75, 3.05) is 50.1 Å². The van der Waals surface area contributed by atoms with E-state index >= 15 is 4.39 Å². The maximum Gasteiger partial charge on any atom is 0.341 e. The number of aromatic carboxylic acids is 1. The number of carbonyl (C=O) groups is 3. The summed E-state index contributed by atoms with van der Waals surface area (Å²) in [6, 6.07) is 16.9. The first-order valence-corrected chi connectivity index (χ1v) is 15.1. The first-order valence-electron chi connectivity index (χ1n) is 15.1. The second-order valence-electron chi connectivity index (χ2n) is 11.5. The highest BCUT2D eigenvalue weighted by atomic mass is 19.1. The number of carbonyl (C=O) groups excluding carboxylic acids is 2. The summed E-state index contributed by atoms with van der Waals surface area (Å²) >= 11 is 0. The zero-order chi connectivity index (χ0) is 32.4. The van der Waals surface area contributed by atoms with Crippen molar-refractivity contribution < 1.29 is 28.6 Å². The van der Waals surface area contributed by atoms with Crippen LogP contribution in [0.3, 0.4) is 0 Å². The van der Waals surface area contributed by atoms with Gasteiger partial charge in [0.05, 0.1) is 24.9 Å². The number of nitrogens with zero attached hydrogens (tertiary/aromatic N) is 3. The molecule has 0 bridgehead atoms. The Labute approximate surface area is 264 Å². The molecule has 2 heterocycles. The average Bonchev–Trinajstić information content (AvgIpc) is 3.90. The molecule has 1 amide bonds. The third-order valence-electron chi connectivity index (χ3n) is 8.35. The van der Waals surface area contributed by atoms with Crippen LogP contribution < -0.4 is 20.4 Å². The molecule has 46 heavy (non-hydrogen) atoms. The van der Waals surface area contributed by atoms with Crippen LogP contribution in [0.1, 0.15) is 45.2 Å². The summed E-state index contributed by atoms with van der Waals surface area (Å²) in [4.78, 5) is 53.6. The lowest BCUT2D eigenvalue weighted by Crippen LogP contribution is -2.49. The fourth-order valence-electron chi connectivity index (χ4n) is 5.66. The van der Waals surface area contributed by atoms with Crippen molar-refractivity contribution in [3.63, 3.8) is 0 Å². The topological polar surface area (TPSA) is 121 Å². The van der Waals surface area contributed by atoms with Gasteiger partial charge in [-0.2, -0.15) is 0 Å². The Balaban J connectivity index is 1.04. The van der Waals surface area contributed by atoms with Gasteiger partial charge in [0, 0.05) is 55.1 Å². The lowest BCUT2D eigenvalue weighted by atomic mass is 10.1. The fourth-order valence-corrected chi connectivity index (χ4v) is 5.66. The van der Waals surface area contributed by atoms with Gasteiger partial charge in [-0.05, 0) is 73.0 Å². The molecule has 1 aliphatic heterocycles. The van der Waals surface area contributed by atoms with Crippen LogP contribution >= 0.6 is 0 Å². The number of benzene rings is 3. The summed E-state index contributed by atoms with van der Waals surface area (Å²) in [5.41, 5.74) is 1.77. The second-order valence-corrected chi connectivity index (χ2v) is 11.5. The number of anilines is 2. The lowest BCUT2D eigenvalue weighted by Gasteiger charge is -2.36. The molecular weight excluding hydrogens is 591 g/mol. The number of methoxy groups -OCH3 is 1. The van der Waals surface area contributed by atoms with Crippen LogP contribution in [0.25, 0.3) is 17.0 Å².